The van der Waals surface area contributed by atoms with Crippen molar-refractivity contribution in [2.45, 2.75) is 143 Å². The molecular weight excluding hydrogens is 973 g/mol. The molecule has 7 unspecified atom stereocenters. The third-order valence-corrected chi connectivity index (χ3v) is 20.7. The average molecular weight is 1050 g/mol. The van der Waals surface area contributed by atoms with E-state index < -0.39 is 72.6 Å². The van der Waals surface area contributed by atoms with E-state index in [1.807, 2.05) is 7.11 Å². The highest BCUT2D eigenvalue weighted by molar-refractivity contribution is 5.92. The van der Waals surface area contributed by atoms with Crippen LogP contribution in [0.15, 0.2) is 133 Å². The summed E-state index contributed by atoms with van der Waals surface area (Å²) in [5.74, 6) is -2.56. The first-order chi connectivity index (χ1) is 36.9. The molecule has 408 valence electrons. The van der Waals surface area contributed by atoms with Crippen molar-refractivity contribution >= 4 is 29.8 Å². The number of hydrogen-bond acceptors (Lipinski definition) is 12. The second-order valence-electron chi connectivity index (χ2n) is 24.5. The van der Waals surface area contributed by atoms with Gasteiger partial charge < -0.3 is 33.2 Å². The molecule has 1 aliphatic heterocycles. The Morgan fingerprint density at radius 1 is 0.545 bits per heavy atom. The SMILES string of the molecule is C=C(C)[C@@H]1CC[C@]2(C(=O)O[C@@H]3OC(COC(=O)c4ccccc4)[C@@H](OC(=O)c4ccccc4)C(OC(=O)c4ccccc4)C3OC(=O)c3ccccc3)CC[C@]3(C)C(CCC4[C@@]5(C)CC[C@H](OC)C(C)(C)C5CC[C@]43C)C12. The molecule has 5 aliphatic carbocycles. The summed E-state index contributed by atoms with van der Waals surface area (Å²) >= 11 is 0. The molecule has 15 atom stereocenters. The Kier molecular flexibility index (Phi) is 15.0. The van der Waals surface area contributed by atoms with Crippen molar-refractivity contribution in [3.63, 3.8) is 0 Å². The van der Waals surface area contributed by atoms with Gasteiger partial charge in [0.2, 0.25) is 12.4 Å². The summed E-state index contributed by atoms with van der Waals surface area (Å²) in [6.45, 7) is 18.6. The lowest BCUT2D eigenvalue weighted by Gasteiger charge is -2.72. The summed E-state index contributed by atoms with van der Waals surface area (Å²) in [7, 11) is 1.87. The zero-order valence-electron chi connectivity index (χ0n) is 45.8. The molecule has 0 bridgehead atoms. The molecule has 6 fully saturated rings. The van der Waals surface area contributed by atoms with Gasteiger partial charge in [0, 0.05) is 7.11 Å². The highest BCUT2D eigenvalue weighted by Crippen LogP contribution is 2.77. The van der Waals surface area contributed by atoms with Gasteiger partial charge in [-0.1, -0.05) is 120 Å². The topological polar surface area (TPSA) is 150 Å². The van der Waals surface area contributed by atoms with Crippen molar-refractivity contribution in [3.8, 4) is 0 Å². The predicted octanol–water partition coefficient (Wildman–Crippen LogP) is 12.5. The number of carbonyl (C=O) groups is 5. The van der Waals surface area contributed by atoms with Gasteiger partial charge >= 0.3 is 29.8 Å². The number of fused-ring (bicyclic) bond motifs is 7. The van der Waals surface area contributed by atoms with Gasteiger partial charge in [-0.2, -0.15) is 0 Å². The Balaban J connectivity index is 1.03. The Morgan fingerprint density at radius 3 is 1.60 bits per heavy atom. The minimum absolute atomic E-state index is 0.00506. The van der Waals surface area contributed by atoms with E-state index in [2.05, 4.69) is 48.1 Å². The van der Waals surface area contributed by atoms with Crippen molar-refractivity contribution in [1.29, 1.82) is 0 Å². The maximum Gasteiger partial charge on any atom is 0.338 e. The predicted molar refractivity (Wildman–Crippen MR) is 288 cm³/mol. The lowest BCUT2D eigenvalue weighted by molar-refractivity contribution is -0.296. The number of carbonyl (C=O) groups excluding carboxylic acids is 5. The van der Waals surface area contributed by atoms with Crippen LogP contribution < -0.4 is 0 Å². The highest BCUT2D eigenvalue weighted by atomic mass is 16.7. The summed E-state index contributed by atoms with van der Waals surface area (Å²) in [6, 6.07) is 33.1. The van der Waals surface area contributed by atoms with Crippen LogP contribution in [0.2, 0.25) is 0 Å². The van der Waals surface area contributed by atoms with Crippen molar-refractivity contribution < 1.29 is 57.1 Å². The number of hydrogen-bond donors (Lipinski definition) is 0. The molecule has 0 radical (unpaired) electrons. The first kappa shape index (κ1) is 54.3. The van der Waals surface area contributed by atoms with Crippen LogP contribution in [0, 0.1) is 56.7 Å². The number of methoxy groups -OCH3 is 1. The summed E-state index contributed by atoms with van der Waals surface area (Å²) < 4.78 is 44.7. The number of rotatable bonds is 13. The van der Waals surface area contributed by atoms with Crippen LogP contribution in [0.4, 0.5) is 0 Å². The fraction of sp³-hybridized carbons (Fsp3) is 0.523. The van der Waals surface area contributed by atoms with E-state index in [1.165, 1.54) is 0 Å². The first-order valence-corrected chi connectivity index (χ1v) is 27.9. The molecular formula is C65H76O12. The van der Waals surface area contributed by atoms with Crippen LogP contribution >= 0.6 is 0 Å². The van der Waals surface area contributed by atoms with Crippen LogP contribution in [0.3, 0.4) is 0 Å². The Morgan fingerprint density at radius 2 is 1.06 bits per heavy atom. The fourth-order valence-corrected chi connectivity index (χ4v) is 16.7. The van der Waals surface area contributed by atoms with Gasteiger partial charge in [-0.25, -0.2) is 19.2 Å². The van der Waals surface area contributed by atoms with Crippen molar-refractivity contribution in [3.05, 3.63) is 156 Å². The molecule has 0 N–H and O–H groups in total. The first-order valence-electron chi connectivity index (χ1n) is 27.9. The molecule has 0 amide bonds. The lowest BCUT2D eigenvalue weighted by Crippen LogP contribution is -2.67. The monoisotopic (exact) mass is 1050 g/mol. The van der Waals surface area contributed by atoms with Crippen LogP contribution in [0.1, 0.15) is 147 Å². The van der Waals surface area contributed by atoms with Gasteiger partial charge in [0.25, 0.3) is 0 Å². The molecule has 0 spiro atoms. The van der Waals surface area contributed by atoms with E-state index >= 15 is 4.79 Å². The lowest BCUT2D eigenvalue weighted by atomic mass is 9.32. The summed E-state index contributed by atoms with van der Waals surface area (Å²) in [5, 5.41) is 0. The zero-order valence-corrected chi connectivity index (χ0v) is 45.8. The standard InChI is InChI=1S/C65H76O12/c1-40(2)45-31-36-65(38-37-63(6)46(51(45)65)29-30-49-62(5)34-33-50(71-8)61(3,4)48(62)32-35-64(49,63)7)60(70)77-59-54(76-58(69)44-27-19-12-20-28-44)53(75-57(68)43-25-17-11-18-26-43)52(74-56(67)42-23-15-10-16-24-42)47(73-59)39-72-55(66)41-21-13-9-14-22-41/h9-28,45-54,59H,1,29-39H2,2-8H3/t45-,46?,47?,48?,49?,50-,51?,52+,53?,54?,59-,62-,63+,64+,65-/m0/s1. The zero-order chi connectivity index (χ0) is 54.5. The summed E-state index contributed by atoms with van der Waals surface area (Å²) in [6.07, 6.45) is 1.24. The van der Waals surface area contributed by atoms with Crippen molar-refractivity contribution in [2.75, 3.05) is 13.7 Å². The maximum absolute atomic E-state index is 16.0. The minimum atomic E-state index is -1.74. The van der Waals surface area contributed by atoms with Crippen LogP contribution in [-0.2, 0) is 38.0 Å². The number of benzene rings is 4. The third-order valence-electron chi connectivity index (χ3n) is 20.7. The Bertz CT molecular complexity index is 2820. The van der Waals surface area contributed by atoms with E-state index in [1.54, 1.807) is 121 Å². The molecule has 10 rings (SSSR count). The largest absolute Gasteiger partial charge is 0.459 e. The van der Waals surface area contributed by atoms with Crippen LogP contribution in [0.25, 0.3) is 0 Å². The highest BCUT2D eigenvalue weighted by Gasteiger charge is 2.72. The number of allylic oxidation sites excluding steroid dienone is 1. The van der Waals surface area contributed by atoms with Gasteiger partial charge in [-0.15, -0.1) is 0 Å². The quantitative estimate of drug-likeness (QED) is 0.0712. The smallest absolute Gasteiger partial charge is 0.338 e. The van der Waals surface area contributed by atoms with Crippen molar-refractivity contribution in [2.24, 2.45) is 56.7 Å². The van der Waals surface area contributed by atoms with Gasteiger partial charge in [0.05, 0.1) is 33.8 Å². The average Bonchev–Trinajstić information content (AvgIpc) is 3.90. The molecule has 6 aliphatic rings. The van der Waals surface area contributed by atoms with Crippen LogP contribution in [0.5, 0.6) is 0 Å². The molecule has 4 aromatic rings. The molecule has 12 heteroatoms. The molecule has 1 saturated heterocycles. The normalized spacial score (nSPS) is 35.8. The number of esters is 5. The van der Waals surface area contributed by atoms with E-state index in [4.69, 9.17) is 33.2 Å². The van der Waals surface area contributed by atoms with Crippen molar-refractivity contribution in [1.82, 2.24) is 0 Å². The van der Waals surface area contributed by atoms with E-state index in [9.17, 15) is 19.2 Å². The summed E-state index contributed by atoms with van der Waals surface area (Å²) in [5.41, 5.74) is 0.884. The van der Waals surface area contributed by atoms with Crippen LogP contribution in [-0.4, -0.2) is 80.4 Å². The van der Waals surface area contributed by atoms with Gasteiger partial charge in [0.1, 0.15) is 12.7 Å². The molecule has 4 aromatic carbocycles. The maximum atomic E-state index is 16.0. The van der Waals surface area contributed by atoms with E-state index in [0.29, 0.717) is 24.7 Å². The van der Waals surface area contributed by atoms with E-state index in [-0.39, 0.29) is 67.8 Å². The third kappa shape index (κ3) is 9.53. The Labute approximate surface area is 453 Å². The van der Waals surface area contributed by atoms with Gasteiger partial charge in [-0.05, 0) is 171 Å². The number of ether oxygens (including phenoxy) is 7. The molecule has 0 aromatic heterocycles. The minimum Gasteiger partial charge on any atom is -0.459 e. The summed E-state index contributed by atoms with van der Waals surface area (Å²) in [4.78, 5) is 72.7. The van der Waals surface area contributed by atoms with E-state index in [0.717, 1.165) is 56.9 Å². The second kappa shape index (κ2) is 21.3. The molecule has 12 nitrogen and oxygen atoms in total. The fourth-order valence-electron chi connectivity index (χ4n) is 16.7. The van der Waals surface area contributed by atoms with Gasteiger partial charge in [-0.3, -0.25) is 4.79 Å². The van der Waals surface area contributed by atoms with Gasteiger partial charge in [0.15, 0.2) is 12.2 Å². The second-order valence-corrected chi connectivity index (χ2v) is 24.5. The Hall–Kier alpha value is -6.11. The molecule has 5 saturated carbocycles. The molecule has 77 heavy (non-hydrogen) atoms. The molecule has 1 heterocycles.